The van der Waals surface area contributed by atoms with Gasteiger partial charge < -0.3 is 14.7 Å². The molecule has 5 nitrogen and oxygen atoms in total. The van der Waals surface area contributed by atoms with Crippen LogP contribution in [0.4, 0.5) is 13.2 Å². The number of alkyl halides is 2. The van der Waals surface area contributed by atoms with Gasteiger partial charge in [-0.25, -0.2) is 4.39 Å². The number of carbonyl (C=O) groups excluding carboxylic acids is 1. The number of nitrogens with zero attached hydrogens (tertiary/aromatic N) is 1. The Balaban J connectivity index is 1.71. The van der Waals surface area contributed by atoms with E-state index in [1.54, 1.807) is 0 Å². The fraction of sp³-hybridized carbons (Fsp3) is 0.500. The van der Waals surface area contributed by atoms with E-state index in [9.17, 15) is 22.8 Å². The Morgan fingerprint density at radius 1 is 1.29 bits per heavy atom. The highest BCUT2D eigenvalue weighted by Crippen LogP contribution is 2.59. The summed E-state index contributed by atoms with van der Waals surface area (Å²) in [7, 11) is 0. The molecule has 2 fully saturated rings. The maximum atomic E-state index is 13.2. The highest BCUT2D eigenvalue weighted by atomic mass is 19.3. The van der Waals surface area contributed by atoms with Crippen molar-refractivity contribution in [2.75, 3.05) is 13.1 Å². The van der Waals surface area contributed by atoms with Gasteiger partial charge in [0.05, 0.1) is 11.5 Å². The molecule has 1 aromatic carbocycles. The van der Waals surface area contributed by atoms with E-state index in [4.69, 9.17) is 5.11 Å². The third-order valence-electron chi connectivity index (χ3n) is 4.92. The van der Waals surface area contributed by atoms with Gasteiger partial charge in [-0.2, -0.15) is 8.78 Å². The van der Waals surface area contributed by atoms with Gasteiger partial charge in [0.2, 0.25) is 0 Å². The summed E-state index contributed by atoms with van der Waals surface area (Å²) in [4.78, 5) is 25.0. The molecule has 3 rings (SSSR count). The molecule has 0 aromatic heterocycles. The van der Waals surface area contributed by atoms with Gasteiger partial charge in [-0.05, 0) is 36.8 Å². The monoisotopic (exact) mass is 343 g/mol. The number of carboxylic acids is 1. The summed E-state index contributed by atoms with van der Waals surface area (Å²) in [5.41, 5.74) is -0.369. The van der Waals surface area contributed by atoms with Crippen LogP contribution in [0.2, 0.25) is 0 Å². The van der Waals surface area contributed by atoms with E-state index >= 15 is 0 Å². The van der Waals surface area contributed by atoms with Crippen molar-refractivity contribution in [2.24, 2.45) is 11.3 Å². The number of likely N-dealkylation sites (tertiary alicyclic amines) is 1. The first-order valence-corrected chi connectivity index (χ1v) is 7.59. The lowest BCUT2D eigenvalue weighted by Crippen LogP contribution is -2.40. The first-order valence-electron chi connectivity index (χ1n) is 7.59. The van der Waals surface area contributed by atoms with Crippen LogP contribution in [-0.4, -0.2) is 41.6 Å². The van der Waals surface area contributed by atoms with E-state index in [0.717, 1.165) is 18.2 Å². The molecule has 1 N–H and O–H groups in total. The molecule has 2 aliphatic rings. The second kappa shape index (κ2) is 5.99. The molecule has 0 radical (unpaired) electrons. The summed E-state index contributed by atoms with van der Waals surface area (Å²) in [6.07, 6.45) is 1.73. The first kappa shape index (κ1) is 16.6. The van der Waals surface area contributed by atoms with Crippen LogP contribution in [-0.2, 0) is 4.79 Å². The summed E-state index contributed by atoms with van der Waals surface area (Å²) < 4.78 is 42.4. The Labute approximate surface area is 136 Å². The average molecular weight is 343 g/mol. The van der Waals surface area contributed by atoms with E-state index < -0.39 is 30.1 Å². The molecular formula is C16H16F3NO4. The summed E-state index contributed by atoms with van der Waals surface area (Å²) in [5, 5.41) is 9.07. The van der Waals surface area contributed by atoms with Gasteiger partial charge in [-0.15, -0.1) is 0 Å². The van der Waals surface area contributed by atoms with Crippen molar-refractivity contribution >= 4 is 11.9 Å². The lowest BCUT2D eigenvalue weighted by atomic mass is 9.90. The van der Waals surface area contributed by atoms with E-state index in [0.29, 0.717) is 32.4 Å². The number of carbonyl (C=O) groups is 2. The Kier molecular flexibility index (Phi) is 4.15. The van der Waals surface area contributed by atoms with E-state index in [1.165, 1.54) is 4.90 Å². The molecule has 1 heterocycles. The van der Waals surface area contributed by atoms with Gasteiger partial charge >= 0.3 is 12.6 Å². The minimum Gasteiger partial charge on any atom is -0.481 e. The third kappa shape index (κ3) is 3.05. The number of rotatable bonds is 4. The van der Waals surface area contributed by atoms with Crippen molar-refractivity contribution in [3.05, 3.63) is 29.6 Å². The second-order valence-corrected chi connectivity index (χ2v) is 6.27. The summed E-state index contributed by atoms with van der Waals surface area (Å²) in [5.74, 6) is -2.97. The number of benzene rings is 1. The van der Waals surface area contributed by atoms with Crippen molar-refractivity contribution < 1.29 is 32.6 Å². The van der Waals surface area contributed by atoms with Crippen LogP contribution in [0.3, 0.4) is 0 Å². The second-order valence-electron chi connectivity index (χ2n) is 6.27. The number of amides is 1. The first-order chi connectivity index (χ1) is 11.3. The summed E-state index contributed by atoms with van der Waals surface area (Å²) in [6, 6.07) is 2.89. The lowest BCUT2D eigenvalue weighted by molar-refractivity contribution is -0.139. The van der Waals surface area contributed by atoms with Crippen LogP contribution in [0.5, 0.6) is 5.75 Å². The predicted octanol–water partition coefficient (Wildman–Crippen LogP) is 2.75. The fourth-order valence-electron chi connectivity index (χ4n) is 3.44. The number of ether oxygens (including phenoxy) is 1. The molecule has 1 amide bonds. The molecule has 0 bridgehead atoms. The largest absolute Gasteiger partial charge is 0.481 e. The zero-order chi connectivity index (χ0) is 17.5. The molecule has 130 valence electrons. The molecule has 1 unspecified atom stereocenters. The maximum absolute atomic E-state index is 13.2. The molecule has 24 heavy (non-hydrogen) atoms. The highest BCUT2D eigenvalue weighted by molar-refractivity contribution is 5.97. The van der Waals surface area contributed by atoms with Crippen LogP contribution in [0.1, 0.15) is 29.6 Å². The Morgan fingerprint density at radius 2 is 1.96 bits per heavy atom. The number of hydrogen-bond acceptors (Lipinski definition) is 3. The molecular weight excluding hydrogens is 327 g/mol. The molecule has 1 aromatic rings. The maximum Gasteiger partial charge on any atom is 0.387 e. The Morgan fingerprint density at radius 3 is 2.50 bits per heavy atom. The molecule has 1 aliphatic heterocycles. The van der Waals surface area contributed by atoms with Gasteiger partial charge in [0.1, 0.15) is 11.6 Å². The van der Waals surface area contributed by atoms with Gasteiger partial charge in [-0.3, -0.25) is 9.59 Å². The molecule has 1 saturated heterocycles. The molecule has 1 aliphatic carbocycles. The van der Waals surface area contributed by atoms with Crippen LogP contribution in [0.15, 0.2) is 18.2 Å². The minimum atomic E-state index is -3.16. The third-order valence-corrected chi connectivity index (χ3v) is 4.92. The van der Waals surface area contributed by atoms with Gasteiger partial charge in [0.15, 0.2) is 0 Å². The quantitative estimate of drug-likeness (QED) is 0.913. The number of aliphatic carboxylic acids is 1. The van der Waals surface area contributed by atoms with E-state index in [2.05, 4.69) is 4.74 Å². The highest BCUT2D eigenvalue weighted by Gasteiger charge is 2.59. The molecule has 1 spiro atoms. The summed E-state index contributed by atoms with van der Waals surface area (Å²) in [6.45, 7) is -2.48. The predicted molar refractivity (Wildman–Crippen MR) is 76.3 cm³/mol. The van der Waals surface area contributed by atoms with Crippen LogP contribution >= 0.6 is 0 Å². The Hall–Kier alpha value is -2.25. The van der Waals surface area contributed by atoms with Gasteiger partial charge in [0, 0.05) is 19.2 Å². The minimum absolute atomic E-state index is 0.127. The number of piperidine rings is 1. The fourth-order valence-corrected chi connectivity index (χ4v) is 3.44. The van der Waals surface area contributed by atoms with Gasteiger partial charge in [-0.1, -0.05) is 0 Å². The van der Waals surface area contributed by atoms with Crippen molar-refractivity contribution in [1.82, 2.24) is 4.90 Å². The van der Waals surface area contributed by atoms with Crippen molar-refractivity contribution in [3.8, 4) is 5.75 Å². The molecule has 1 saturated carbocycles. The Bertz CT molecular complexity index is 671. The average Bonchev–Trinajstić information content (AvgIpc) is 3.21. The zero-order valence-electron chi connectivity index (χ0n) is 12.7. The van der Waals surface area contributed by atoms with Crippen LogP contribution in [0, 0.1) is 17.2 Å². The number of halogens is 3. The number of carboxylic acid groups (broad SMARTS) is 1. The SMILES string of the molecule is O=C(O)C1CC12CCN(C(=O)c1ccc(F)cc1OC(F)F)CC2. The van der Waals surface area contributed by atoms with Crippen LogP contribution < -0.4 is 4.74 Å². The van der Waals surface area contributed by atoms with Crippen LogP contribution in [0.25, 0.3) is 0 Å². The van der Waals surface area contributed by atoms with E-state index in [1.807, 2.05) is 0 Å². The normalized spacial score (nSPS) is 21.8. The zero-order valence-corrected chi connectivity index (χ0v) is 12.7. The lowest BCUT2D eigenvalue weighted by Gasteiger charge is -2.33. The van der Waals surface area contributed by atoms with Crippen molar-refractivity contribution in [1.29, 1.82) is 0 Å². The smallest absolute Gasteiger partial charge is 0.387 e. The van der Waals surface area contributed by atoms with Crippen molar-refractivity contribution in [2.45, 2.75) is 25.9 Å². The molecule has 8 heteroatoms. The van der Waals surface area contributed by atoms with Crippen molar-refractivity contribution in [3.63, 3.8) is 0 Å². The standard InChI is InChI=1S/C16H16F3NO4/c17-9-1-2-10(12(7-9)24-15(18)19)13(21)20-5-3-16(4-6-20)8-11(16)14(22)23/h1-2,7,11,15H,3-6,8H2,(H,22,23). The van der Waals surface area contributed by atoms with E-state index in [-0.39, 0.29) is 16.9 Å². The topological polar surface area (TPSA) is 66.8 Å². The number of hydrogen-bond donors (Lipinski definition) is 1. The summed E-state index contributed by atoms with van der Waals surface area (Å²) >= 11 is 0. The van der Waals surface area contributed by atoms with Gasteiger partial charge in [0.25, 0.3) is 5.91 Å². The molecule has 1 atom stereocenters.